The number of benzene rings is 1. The van der Waals surface area contributed by atoms with E-state index in [1.54, 1.807) is 17.4 Å². The minimum absolute atomic E-state index is 0.163. The zero-order valence-corrected chi connectivity index (χ0v) is 9.48. The number of phenols is 1. The lowest BCUT2D eigenvalue weighted by molar-refractivity contribution is 0.482. The maximum Gasteiger partial charge on any atom is 0.133 e. The van der Waals surface area contributed by atoms with Gasteiger partial charge in [0, 0.05) is 4.88 Å². The van der Waals surface area contributed by atoms with Crippen LogP contribution in [0.5, 0.6) is 5.75 Å². The van der Waals surface area contributed by atoms with Crippen molar-refractivity contribution < 1.29 is 5.11 Å². The molecular weight excluding hydrogens is 192 g/mol. The molecule has 0 spiro atoms. The van der Waals surface area contributed by atoms with Crippen molar-refractivity contribution in [2.24, 2.45) is 0 Å². The van der Waals surface area contributed by atoms with E-state index in [0.717, 1.165) is 10.1 Å². The average molecular weight is 206 g/mol. The van der Waals surface area contributed by atoms with Gasteiger partial charge < -0.3 is 5.11 Å². The van der Waals surface area contributed by atoms with Crippen LogP contribution in [0.25, 0.3) is 10.1 Å². The molecule has 0 atom stereocenters. The number of thiophene rings is 1. The Labute approximate surface area is 88.0 Å². The molecule has 0 aliphatic heterocycles. The van der Waals surface area contributed by atoms with Crippen LogP contribution >= 0.6 is 11.3 Å². The molecule has 2 heteroatoms. The molecule has 0 radical (unpaired) electrons. The smallest absolute Gasteiger partial charge is 0.133 e. The van der Waals surface area contributed by atoms with E-state index in [1.165, 1.54) is 4.88 Å². The van der Waals surface area contributed by atoms with E-state index in [1.807, 2.05) is 12.1 Å². The second kappa shape index (κ2) is 2.99. The number of aromatic hydroxyl groups is 1. The van der Waals surface area contributed by atoms with Crippen LogP contribution in [-0.4, -0.2) is 5.11 Å². The molecule has 0 aliphatic carbocycles. The Morgan fingerprint density at radius 2 is 1.93 bits per heavy atom. The van der Waals surface area contributed by atoms with Gasteiger partial charge in [0.15, 0.2) is 0 Å². The lowest BCUT2D eigenvalue weighted by Gasteiger charge is -2.14. The van der Waals surface area contributed by atoms with Gasteiger partial charge in [-0.2, -0.15) is 0 Å². The van der Waals surface area contributed by atoms with E-state index >= 15 is 0 Å². The Kier molecular flexibility index (Phi) is 2.04. The summed E-state index contributed by atoms with van der Waals surface area (Å²) in [4.78, 5) is 1.31. The molecule has 0 saturated heterocycles. The zero-order valence-electron chi connectivity index (χ0n) is 8.66. The highest BCUT2D eigenvalue weighted by atomic mass is 32.1. The van der Waals surface area contributed by atoms with Crippen molar-refractivity contribution in [2.45, 2.75) is 26.2 Å². The lowest BCUT2D eigenvalue weighted by atomic mass is 9.94. The number of hydrogen-bond donors (Lipinski definition) is 1. The highest BCUT2D eigenvalue weighted by Gasteiger charge is 2.17. The molecule has 74 valence electrons. The molecule has 1 aromatic heterocycles. The molecule has 1 N–H and O–H groups in total. The first-order valence-corrected chi connectivity index (χ1v) is 5.52. The van der Waals surface area contributed by atoms with Crippen LogP contribution in [0.2, 0.25) is 0 Å². The first kappa shape index (κ1) is 9.53. The second-order valence-corrected chi connectivity index (χ2v) is 5.61. The molecule has 1 heterocycles. The van der Waals surface area contributed by atoms with Crippen molar-refractivity contribution >= 4 is 21.4 Å². The largest absolute Gasteiger partial charge is 0.506 e. The van der Waals surface area contributed by atoms with Crippen LogP contribution < -0.4 is 0 Å². The van der Waals surface area contributed by atoms with Crippen molar-refractivity contribution in [2.75, 3.05) is 0 Å². The Bertz CT molecular complexity index is 463. The molecule has 0 aliphatic rings. The summed E-state index contributed by atoms with van der Waals surface area (Å²) < 4.78 is 0.998. The molecule has 14 heavy (non-hydrogen) atoms. The summed E-state index contributed by atoms with van der Waals surface area (Å²) >= 11 is 1.68. The topological polar surface area (TPSA) is 20.2 Å². The van der Waals surface area contributed by atoms with E-state index in [9.17, 15) is 5.11 Å². The average Bonchev–Trinajstić information content (AvgIpc) is 2.48. The predicted octanol–water partition coefficient (Wildman–Crippen LogP) is 3.90. The summed E-state index contributed by atoms with van der Waals surface area (Å²) in [5.74, 6) is 0.392. The summed E-state index contributed by atoms with van der Waals surface area (Å²) in [7, 11) is 0. The van der Waals surface area contributed by atoms with E-state index in [2.05, 4.69) is 26.8 Å². The fourth-order valence-electron chi connectivity index (χ4n) is 1.42. The molecule has 0 unspecified atom stereocenters. The first-order chi connectivity index (χ1) is 6.48. The Morgan fingerprint density at radius 3 is 2.50 bits per heavy atom. The number of phenolic OH excluding ortho intramolecular Hbond substituents is 1. The summed E-state index contributed by atoms with van der Waals surface area (Å²) in [5, 5.41) is 10.8. The van der Waals surface area contributed by atoms with Crippen LogP contribution in [-0.2, 0) is 5.41 Å². The SMILES string of the molecule is CC(C)(C)c1cc2cccc(O)c2s1. The van der Waals surface area contributed by atoms with Crippen LogP contribution in [0.15, 0.2) is 24.3 Å². The molecule has 1 aromatic carbocycles. The van der Waals surface area contributed by atoms with E-state index in [-0.39, 0.29) is 5.41 Å². The minimum Gasteiger partial charge on any atom is -0.506 e. The molecule has 0 saturated carbocycles. The van der Waals surface area contributed by atoms with Gasteiger partial charge in [0.25, 0.3) is 0 Å². The monoisotopic (exact) mass is 206 g/mol. The summed E-state index contributed by atoms with van der Waals surface area (Å²) in [6, 6.07) is 7.84. The van der Waals surface area contributed by atoms with Gasteiger partial charge in [-0.1, -0.05) is 32.9 Å². The van der Waals surface area contributed by atoms with Gasteiger partial charge in [-0.3, -0.25) is 0 Å². The highest BCUT2D eigenvalue weighted by Crippen LogP contribution is 2.37. The van der Waals surface area contributed by atoms with E-state index in [0.29, 0.717) is 5.75 Å². The fourth-order valence-corrected chi connectivity index (χ4v) is 2.55. The summed E-state index contributed by atoms with van der Waals surface area (Å²) in [5.41, 5.74) is 0.163. The van der Waals surface area contributed by atoms with E-state index in [4.69, 9.17) is 0 Å². The van der Waals surface area contributed by atoms with Gasteiger partial charge in [0.2, 0.25) is 0 Å². The Balaban J connectivity index is 2.69. The number of hydrogen-bond acceptors (Lipinski definition) is 2. The number of rotatable bonds is 0. The minimum atomic E-state index is 0.163. The van der Waals surface area contributed by atoms with Crippen LogP contribution in [0.4, 0.5) is 0 Å². The summed E-state index contributed by atoms with van der Waals surface area (Å²) in [6.07, 6.45) is 0. The third kappa shape index (κ3) is 1.50. The maximum absolute atomic E-state index is 9.66. The van der Waals surface area contributed by atoms with Gasteiger partial charge >= 0.3 is 0 Å². The van der Waals surface area contributed by atoms with Crippen LogP contribution in [0, 0.1) is 0 Å². The van der Waals surface area contributed by atoms with Crippen LogP contribution in [0.3, 0.4) is 0 Å². The van der Waals surface area contributed by atoms with Gasteiger partial charge in [-0.25, -0.2) is 0 Å². The van der Waals surface area contributed by atoms with Crippen molar-refractivity contribution in [3.8, 4) is 5.75 Å². The molecule has 2 aromatic rings. The summed E-state index contributed by atoms with van der Waals surface area (Å²) in [6.45, 7) is 6.57. The molecule has 0 amide bonds. The van der Waals surface area contributed by atoms with Crippen molar-refractivity contribution in [3.63, 3.8) is 0 Å². The van der Waals surface area contributed by atoms with Crippen LogP contribution in [0.1, 0.15) is 25.6 Å². The van der Waals surface area contributed by atoms with Gasteiger partial charge in [0.1, 0.15) is 5.75 Å². The maximum atomic E-state index is 9.66. The molecule has 1 nitrogen and oxygen atoms in total. The van der Waals surface area contributed by atoms with Crippen molar-refractivity contribution in [1.29, 1.82) is 0 Å². The van der Waals surface area contributed by atoms with Crippen molar-refractivity contribution in [3.05, 3.63) is 29.1 Å². The van der Waals surface area contributed by atoms with Gasteiger partial charge in [0.05, 0.1) is 4.70 Å². The Morgan fingerprint density at radius 1 is 1.21 bits per heavy atom. The standard InChI is InChI=1S/C12H14OS/c1-12(2,3)10-7-8-5-4-6-9(13)11(8)14-10/h4-7,13H,1-3H3. The fraction of sp³-hybridized carbons (Fsp3) is 0.333. The molecule has 2 rings (SSSR count). The van der Waals surface area contributed by atoms with Gasteiger partial charge in [-0.05, 0) is 22.9 Å². The molecular formula is C12H14OS. The lowest BCUT2D eigenvalue weighted by Crippen LogP contribution is -2.07. The normalized spacial score (nSPS) is 12.2. The van der Waals surface area contributed by atoms with Gasteiger partial charge in [-0.15, -0.1) is 11.3 Å². The van der Waals surface area contributed by atoms with E-state index < -0.39 is 0 Å². The molecule has 0 bridgehead atoms. The third-order valence-corrected chi connectivity index (χ3v) is 3.86. The first-order valence-electron chi connectivity index (χ1n) is 4.70. The molecule has 0 fully saturated rings. The quantitative estimate of drug-likeness (QED) is 0.693. The predicted molar refractivity (Wildman–Crippen MR) is 62.2 cm³/mol. The third-order valence-electron chi connectivity index (χ3n) is 2.26. The Hall–Kier alpha value is -1.02. The zero-order chi connectivity index (χ0) is 10.3. The highest BCUT2D eigenvalue weighted by molar-refractivity contribution is 7.19. The number of fused-ring (bicyclic) bond motifs is 1. The second-order valence-electron chi connectivity index (χ2n) is 4.56. The van der Waals surface area contributed by atoms with Crippen molar-refractivity contribution in [1.82, 2.24) is 0 Å².